The van der Waals surface area contributed by atoms with Crippen molar-refractivity contribution in [1.82, 2.24) is 19.5 Å². The van der Waals surface area contributed by atoms with Crippen LogP contribution in [0.3, 0.4) is 0 Å². The summed E-state index contributed by atoms with van der Waals surface area (Å²) < 4.78 is 2.52. The molecule has 56 heavy (non-hydrogen) atoms. The molecule has 0 spiro atoms. The lowest BCUT2D eigenvalue weighted by Gasteiger charge is -2.28. The van der Waals surface area contributed by atoms with Crippen LogP contribution in [0.15, 0.2) is 188 Å². The van der Waals surface area contributed by atoms with Crippen LogP contribution < -0.4 is 4.90 Å². The van der Waals surface area contributed by atoms with Crippen LogP contribution >= 0.6 is 0 Å². The summed E-state index contributed by atoms with van der Waals surface area (Å²) in [7, 11) is 0. The first-order valence-electron chi connectivity index (χ1n) is 19.2. The average Bonchev–Trinajstić information content (AvgIpc) is 3.76. The zero-order valence-electron chi connectivity index (χ0n) is 30.3. The number of benzene rings is 7. The van der Waals surface area contributed by atoms with Gasteiger partial charge in [-0.15, -0.1) is 0 Å². The van der Waals surface area contributed by atoms with Gasteiger partial charge >= 0.3 is 0 Å². The van der Waals surface area contributed by atoms with Crippen LogP contribution in [0.25, 0.3) is 83.6 Å². The molecule has 5 nitrogen and oxygen atoms in total. The minimum Gasteiger partial charge on any atom is -0.306 e. The molecular formula is C51H33N5. The Labute approximate surface area is 324 Å². The van der Waals surface area contributed by atoms with Crippen LogP contribution in [-0.2, 0) is 0 Å². The molecule has 0 amide bonds. The van der Waals surface area contributed by atoms with Crippen molar-refractivity contribution in [2.45, 2.75) is 12.0 Å². The number of para-hydroxylation sites is 2. The van der Waals surface area contributed by atoms with E-state index in [1.807, 2.05) is 24.3 Å². The van der Waals surface area contributed by atoms with Crippen molar-refractivity contribution >= 4 is 33.4 Å². The van der Waals surface area contributed by atoms with Crippen molar-refractivity contribution < 1.29 is 0 Å². The maximum Gasteiger partial charge on any atom is 0.234 e. The van der Waals surface area contributed by atoms with Gasteiger partial charge in [0.2, 0.25) is 5.95 Å². The minimum atomic E-state index is -0.0290. The summed E-state index contributed by atoms with van der Waals surface area (Å²) in [5.74, 6) is 2.03. The predicted molar refractivity (Wildman–Crippen MR) is 228 cm³/mol. The molecule has 262 valence electrons. The lowest BCUT2D eigenvalue weighted by molar-refractivity contribution is 0.728. The van der Waals surface area contributed by atoms with Crippen molar-refractivity contribution in [3.8, 4) is 61.8 Å². The van der Waals surface area contributed by atoms with Gasteiger partial charge in [-0.3, -0.25) is 0 Å². The molecule has 0 N–H and O–H groups in total. The molecule has 2 unspecified atom stereocenters. The van der Waals surface area contributed by atoms with Crippen LogP contribution in [0.4, 0.5) is 11.6 Å². The monoisotopic (exact) mass is 715 g/mol. The van der Waals surface area contributed by atoms with Gasteiger partial charge in [-0.05, 0) is 39.9 Å². The summed E-state index contributed by atoms with van der Waals surface area (Å²) in [6.45, 7) is 0. The van der Waals surface area contributed by atoms with Gasteiger partial charge in [0, 0.05) is 38.9 Å². The molecular weight excluding hydrogens is 683 g/mol. The SMILES string of the molecule is C1=CC2c3ccc4c5cccc6c5n(c4c3N(c3nc(-c4ccccc4)nc(-c4cccc(-c5ccccc5)c4)n3)C2C=C1)-c1ccccc1-c1ccccc1-6. The first kappa shape index (κ1) is 31.0. The predicted octanol–water partition coefficient (Wildman–Crippen LogP) is 12.3. The van der Waals surface area contributed by atoms with Crippen LogP contribution in [0.2, 0.25) is 0 Å². The first-order valence-corrected chi connectivity index (χ1v) is 19.2. The Bertz CT molecular complexity index is 3100. The van der Waals surface area contributed by atoms with E-state index in [2.05, 4.69) is 173 Å². The minimum absolute atomic E-state index is 0.0290. The third kappa shape index (κ3) is 4.52. The fourth-order valence-electron chi connectivity index (χ4n) is 9.28. The molecule has 0 saturated carbocycles. The summed E-state index contributed by atoms with van der Waals surface area (Å²) in [5.41, 5.74) is 15.0. The molecule has 2 aromatic heterocycles. The first-order chi connectivity index (χ1) is 27.8. The Hall–Kier alpha value is -7.37. The van der Waals surface area contributed by atoms with E-state index in [9.17, 15) is 0 Å². The van der Waals surface area contributed by atoms with E-state index in [0.717, 1.165) is 33.5 Å². The van der Waals surface area contributed by atoms with Gasteiger partial charge in [0.1, 0.15) is 0 Å². The second-order valence-electron chi connectivity index (χ2n) is 14.8. The lowest BCUT2D eigenvalue weighted by atomic mass is 9.91. The largest absolute Gasteiger partial charge is 0.306 e. The van der Waals surface area contributed by atoms with Crippen LogP contribution in [0, 0.1) is 0 Å². The number of hydrogen-bond donors (Lipinski definition) is 0. The highest BCUT2D eigenvalue weighted by atomic mass is 15.3. The Morgan fingerprint density at radius 2 is 1.04 bits per heavy atom. The summed E-state index contributed by atoms with van der Waals surface area (Å²) in [5, 5.41) is 2.44. The molecule has 9 aromatic rings. The molecule has 12 rings (SSSR count). The Morgan fingerprint density at radius 1 is 0.429 bits per heavy atom. The molecule has 7 aromatic carbocycles. The van der Waals surface area contributed by atoms with Crippen LogP contribution in [0.5, 0.6) is 0 Å². The summed E-state index contributed by atoms with van der Waals surface area (Å²) in [6, 6.07) is 58.4. The van der Waals surface area contributed by atoms with Gasteiger partial charge in [-0.1, -0.05) is 176 Å². The van der Waals surface area contributed by atoms with Crippen LogP contribution in [-0.4, -0.2) is 25.6 Å². The highest BCUT2D eigenvalue weighted by Gasteiger charge is 2.42. The average molecular weight is 716 g/mol. The molecule has 4 heterocycles. The normalized spacial score (nSPS) is 16.0. The fraction of sp³-hybridized carbons (Fsp3) is 0.0392. The van der Waals surface area contributed by atoms with E-state index in [0.29, 0.717) is 17.6 Å². The van der Waals surface area contributed by atoms with E-state index >= 15 is 0 Å². The molecule has 1 aliphatic carbocycles. The van der Waals surface area contributed by atoms with Gasteiger partial charge < -0.3 is 9.47 Å². The second-order valence-corrected chi connectivity index (χ2v) is 14.8. The zero-order chi connectivity index (χ0) is 36.7. The molecule has 2 aliphatic heterocycles. The summed E-state index contributed by atoms with van der Waals surface area (Å²) in [6.07, 6.45) is 8.97. The summed E-state index contributed by atoms with van der Waals surface area (Å²) >= 11 is 0. The van der Waals surface area contributed by atoms with Gasteiger partial charge in [0.25, 0.3) is 0 Å². The standard InChI is InChI=1S/C51H33N5/c1-3-15-32(16-4-1)34-19-13-20-35(31-34)50-52-49(33-17-5-2-6-18-33)53-51(54-50)56-45-28-12-10-24-39(45)42-29-30-43-41-26-14-25-40-37-22-8-7-21-36(37)38-23-9-11-27-44(38)55(46(40)41)47(43)48(42)56/h1-31,39,45H. The molecule has 0 radical (unpaired) electrons. The third-order valence-electron chi connectivity index (χ3n) is 11.7. The van der Waals surface area contributed by atoms with E-state index < -0.39 is 0 Å². The number of allylic oxidation sites excluding steroid dienone is 2. The Kier molecular flexibility index (Phi) is 6.69. The Balaban J connectivity index is 1.17. The molecule has 0 saturated heterocycles. The maximum atomic E-state index is 5.42. The van der Waals surface area contributed by atoms with Crippen LogP contribution in [0.1, 0.15) is 11.5 Å². The quantitative estimate of drug-likeness (QED) is 0.182. The van der Waals surface area contributed by atoms with Crippen molar-refractivity contribution in [1.29, 1.82) is 0 Å². The van der Waals surface area contributed by atoms with Crippen molar-refractivity contribution in [3.05, 3.63) is 194 Å². The maximum absolute atomic E-state index is 5.42. The molecule has 0 fully saturated rings. The van der Waals surface area contributed by atoms with Crippen molar-refractivity contribution in [2.75, 3.05) is 4.90 Å². The summed E-state index contributed by atoms with van der Waals surface area (Å²) in [4.78, 5) is 18.3. The Morgan fingerprint density at radius 3 is 1.86 bits per heavy atom. The van der Waals surface area contributed by atoms with E-state index in [1.54, 1.807) is 0 Å². The third-order valence-corrected chi connectivity index (χ3v) is 11.7. The number of hydrogen-bond acceptors (Lipinski definition) is 4. The highest BCUT2D eigenvalue weighted by Crippen LogP contribution is 2.54. The smallest absolute Gasteiger partial charge is 0.234 e. The van der Waals surface area contributed by atoms with E-state index in [1.165, 1.54) is 49.8 Å². The fourth-order valence-corrected chi connectivity index (χ4v) is 9.28. The van der Waals surface area contributed by atoms with E-state index in [-0.39, 0.29) is 12.0 Å². The topological polar surface area (TPSA) is 46.8 Å². The van der Waals surface area contributed by atoms with E-state index in [4.69, 9.17) is 15.0 Å². The number of fused-ring (bicyclic) bond motifs is 12. The molecule has 3 aliphatic rings. The highest BCUT2D eigenvalue weighted by molar-refractivity contribution is 6.20. The molecule has 2 atom stereocenters. The lowest BCUT2D eigenvalue weighted by Crippen LogP contribution is -2.30. The number of anilines is 2. The van der Waals surface area contributed by atoms with Gasteiger partial charge in [0.15, 0.2) is 11.6 Å². The zero-order valence-corrected chi connectivity index (χ0v) is 30.3. The number of rotatable bonds is 4. The van der Waals surface area contributed by atoms with Gasteiger partial charge in [-0.2, -0.15) is 9.97 Å². The van der Waals surface area contributed by atoms with Gasteiger partial charge in [0.05, 0.1) is 28.5 Å². The number of aromatic nitrogens is 4. The van der Waals surface area contributed by atoms with Gasteiger partial charge in [-0.25, -0.2) is 4.98 Å². The number of nitrogens with zero attached hydrogens (tertiary/aromatic N) is 5. The molecule has 0 bridgehead atoms. The second kappa shape index (κ2) is 12.1. The van der Waals surface area contributed by atoms with Crippen molar-refractivity contribution in [2.24, 2.45) is 0 Å². The molecule has 5 heteroatoms. The van der Waals surface area contributed by atoms with Crippen molar-refractivity contribution in [3.63, 3.8) is 0 Å².